The van der Waals surface area contributed by atoms with Crippen molar-refractivity contribution >= 4 is 17.2 Å². The quantitative estimate of drug-likeness (QED) is 0.613. The lowest BCUT2D eigenvalue weighted by Gasteiger charge is -2.08. The molecule has 2 heterocycles. The summed E-state index contributed by atoms with van der Waals surface area (Å²) >= 11 is 1.42. The summed E-state index contributed by atoms with van der Waals surface area (Å²) in [5.41, 5.74) is 8.77. The van der Waals surface area contributed by atoms with Gasteiger partial charge in [0.05, 0.1) is 12.4 Å². The molecule has 0 bridgehead atoms. The standard InChI is InChI=1S/C17H19N5OS/c18-14(8-12-4-2-1-3-5-12)17-22-15(10-24-17)16(23)20-7-6-13-9-19-11-21-13/h1-5,9-11,14H,6-8,18H2,(H,19,21)(H,20,23). The van der Waals surface area contributed by atoms with Crippen LogP contribution >= 0.6 is 11.3 Å². The van der Waals surface area contributed by atoms with E-state index >= 15 is 0 Å². The van der Waals surface area contributed by atoms with Gasteiger partial charge in [0.1, 0.15) is 10.7 Å². The Labute approximate surface area is 144 Å². The minimum absolute atomic E-state index is 0.177. The molecule has 3 rings (SSSR count). The van der Waals surface area contributed by atoms with E-state index in [2.05, 4.69) is 20.3 Å². The number of aromatic amines is 1. The number of imidazole rings is 1. The number of H-pyrrole nitrogens is 1. The Bertz CT molecular complexity index is 769. The fraction of sp³-hybridized carbons (Fsp3) is 0.235. The normalized spacial score (nSPS) is 12.0. The van der Waals surface area contributed by atoms with Crippen molar-refractivity contribution in [3.8, 4) is 0 Å². The van der Waals surface area contributed by atoms with Crippen LogP contribution in [-0.4, -0.2) is 27.4 Å². The van der Waals surface area contributed by atoms with Gasteiger partial charge in [0, 0.05) is 30.2 Å². The molecule has 3 aromatic rings. The van der Waals surface area contributed by atoms with Crippen molar-refractivity contribution in [1.29, 1.82) is 0 Å². The first-order valence-corrected chi connectivity index (χ1v) is 8.60. The smallest absolute Gasteiger partial charge is 0.270 e. The van der Waals surface area contributed by atoms with Crippen LogP contribution in [0, 0.1) is 0 Å². The maximum absolute atomic E-state index is 12.1. The highest BCUT2D eigenvalue weighted by Gasteiger charge is 2.15. The molecule has 124 valence electrons. The van der Waals surface area contributed by atoms with Crippen molar-refractivity contribution < 1.29 is 4.79 Å². The molecule has 2 aromatic heterocycles. The number of carbonyl (C=O) groups excluding carboxylic acids is 1. The minimum atomic E-state index is -0.205. The lowest BCUT2D eigenvalue weighted by atomic mass is 10.1. The molecule has 0 aliphatic rings. The summed E-state index contributed by atoms with van der Waals surface area (Å²) in [5, 5.41) is 5.39. The van der Waals surface area contributed by atoms with Crippen LogP contribution in [0.2, 0.25) is 0 Å². The summed E-state index contributed by atoms with van der Waals surface area (Å²) in [6.45, 7) is 0.532. The van der Waals surface area contributed by atoms with Gasteiger partial charge in [0.15, 0.2) is 0 Å². The van der Waals surface area contributed by atoms with Crippen LogP contribution < -0.4 is 11.1 Å². The highest BCUT2D eigenvalue weighted by molar-refractivity contribution is 7.09. The lowest BCUT2D eigenvalue weighted by molar-refractivity contribution is 0.0949. The van der Waals surface area contributed by atoms with E-state index in [1.807, 2.05) is 30.3 Å². The van der Waals surface area contributed by atoms with Crippen molar-refractivity contribution in [2.24, 2.45) is 5.73 Å². The highest BCUT2D eigenvalue weighted by atomic mass is 32.1. The fourth-order valence-electron chi connectivity index (χ4n) is 2.34. The van der Waals surface area contributed by atoms with Crippen LogP contribution in [0.1, 0.15) is 32.8 Å². The molecule has 1 aromatic carbocycles. The van der Waals surface area contributed by atoms with Crippen molar-refractivity contribution in [1.82, 2.24) is 20.3 Å². The first-order chi connectivity index (χ1) is 11.7. The van der Waals surface area contributed by atoms with Crippen molar-refractivity contribution in [2.75, 3.05) is 6.54 Å². The molecule has 1 unspecified atom stereocenters. The largest absolute Gasteiger partial charge is 0.350 e. The first-order valence-electron chi connectivity index (χ1n) is 7.73. The summed E-state index contributed by atoms with van der Waals surface area (Å²) in [6, 6.07) is 9.83. The second kappa shape index (κ2) is 7.85. The zero-order valence-corrected chi connectivity index (χ0v) is 13.9. The number of rotatable bonds is 7. The number of nitrogens with zero attached hydrogens (tertiary/aromatic N) is 2. The zero-order chi connectivity index (χ0) is 16.8. The molecule has 0 saturated heterocycles. The Morgan fingerprint density at radius 3 is 2.92 bits per heavy atom. The van der Waals surface area contributed by atoms with Gasteiger partial charge in [-0.1, -0.05) is 30.3 Å². The van der Waals surface area contributed by atoms with E-state index < -0.39 is 0 Å². The molecule has 0 fully saturated rings. The van der Waals surface area contributed by atoms with Gasteiger partial charge in [-0.3, -0.25) is 4.79 Å². The Balaban J connectivity index is 1.53. The maximum Gasteiger partial charge on any atom is 0.270 e. The van der Waals surface area contributed by atoms with Gasteiger partial charge < -0.3 is 16.0 Å². The van der Waals surface area contributed by atoms with Crippen LogP contribution in [0.25, 0.3) is 0 Å². The van der Waals surface area contributed by atoms with Gasteiger partial charge >= 0.3 is 0 Å². The Kier molecular flexibility index (Phi) is 5.35. The average Bonchev–Trinajstić information content (AvgIpc) is 3.27. The van der Waals surface area contributed by atoms with E-state index in [4.69, 9.17) is 5.73 Å². The molecule has 1 amide bonds. The molecule has 6 nitrogen and oxygen atoms in total. The van der Waals surface area contributed by atoms with Gasteiger partial charge in [0.2, 0.25) is 0 Å². The van der Waals surface area contributed by atoms with E-state index in [1.165, 1.54) is 11.3 Å². The number of hydrogen-bond acceptors (Lipinski definition) is 5. The monoisotopic (exact) mass is 341 g/mol. The zero-order valence-electron chi connectivity index (χ0n) is 13.1. The Hall–Kier alpha value is -2.51. The Morgan fingerprint density at radius 1 is 1.33 bits per heavy atom. The molecular formula is C17H19N5OS. The molecule has 7 heteroatoms. The number of hydrogen-bond donors (Lipinski definition) is 3. The van der Waals surface area contributed by atoms with E-state index in [1.54, 1.807) is 17.9 Å². The lowest BCUT2D eigenvalue weighted by Crippen LogP contribution is -2.26. The number of nitrogens with two attached hydrogens (primary N) is 1. The van der Waals surface area contributed by atoms with Crippen LogP contribution in [0.15, 0.2) is 48.2 Å². The van der Waals surface area contributed by atoms with E-state index in [0.29, 0.717) is 25.1 Å². The first kappa shape index (κ1) is 16.4. The summed E-state index contributed by atoms with van der Waals surface area (Å²) < 4.78 is 0. The summed E-state index contributed by atoms with van der Waals surface area (Å²) in [5.74, 6) is -0.177. The predicted octanol–water partition coefficient (Wildman–Crippen LogP) is 2.08. The highest BCUT2D eigenvalue weighted by Crippen LogP contribution is 2.20. The molecule has 0 aliphatic heterocycles. The summed E-state index contributed by atoms with van der Waals surface area (Å²) in [4.78, 5) is 23.5. The minimum Gasteiger partial charge on any atom is -0.350 e. The van der Waals surface area contributed by atoms with Crippen LogP contribution in [0.4, 0.5) is 0 Å². The molecule has 0 saturated carbocycles. The number of aromatic nitrogens is 3. The maximum atomic E-state index is 12.1. The van der Waals surface area contributed by atoms with E-state index in [-0.39, 0.29) is 11.9 Å². The summed E-state index contributed by atoms with van der Waals surface area (Å²) in [7, 11) is 0. The number of nitrogens with one attached hydrogen (secondary N) is 2. The predicted molar refractivity (Wildman–Crippen MR) is 93.8 cm³/mol. The Morgan fingerprint density at radius 2 is 2.17 bits per heavy atom. The van der Waals surface area contributed by atoms with Gasteiger partial charge in [0.25, 0.3) is 5.91 Å². The van der Waals surface area contributed by atoms with Crippen LogP contribution in [-0.2, 0) is 12.8 Å². The van der Waals surface area contributed by atoms with Gasteiger partial charge in [-0.25, -0.2) is 9.97 Å². The van der Waals surface area contributed by atoms with Gasteiger partial charge in [-0.05, 0) is 12.0 Å². The van der Waals surface area contributed by atoms with Crippen LogP contribution in [0.3, 0.4) is 0 Å². The number of thiazole rings is 1. The van der Waals surface area contributed by atoms with E-state index in [9.17, 15) is 4.79 Å². The third-order valence-electron chi connectivity index (χ3n) is 3.60. The topological polar surface area (TPSA) is 96.7 Å². The van der Waals surface area contributed by atoms with Gasteiger partial charge in [-0.2, -0.15) is 0 Å². The third-order valence-corrected chi connectivity index (χ3v) is 4.58. The number of amides is 1. The molecule has 0 spiro atoms. The van der Waals surface area contributed by atoms with Crippen molar-refractivity contribution in [3.63, 3.8) is 0 Å². The molecule has 4 N–H and O–H groups in total. The SMILES string of the molecule is NC(Cc1ccccc1)c1nc(C(=O)NCCc2cnc[nH]2)cs1. The molecule has 0 radical (unpaired) electrons. The van der Waals surface area contributed by atoms with Crippen LogP contribution in [0.5, 0.6) is 0 Å². The second-order valence-corrected chi connectivity index (χ2v) is 6.34. The van der Waals surface area contributed by atoms with Crippen molar-refractivity contribution in [2.45, 2.75) is 18.9 Å². The summed E-state index contributed by atoms with van der Waals surface area (Å²) in [6.07, 6.45) is 4.78. The molecular weight excluding hydrogens is 322 g/mol. The second-order valence-electron chi connectivity index (χ2n) is 5.45. The van der Waals surface area contributed by atoms with E-state index in [0.717, 1.165) is 16.3 Å². The average molecular weight is 341 g/mol. The van der Waals surface area contributed by atoms with Gasteiger partial charge in [-0.15, -0.1) is 11.3 Å². The number of carbonyl (C=O) groups is 1. The molecule has 24 heavy (non-hydrogen) atoms. The van der Waals surface area contributed by atoms with Crippen molar-refractivity contribution in [3.05, 3.63) is 70.2 Å². The molecule has 0 aliphatic carbocycles. The number of benzene rings is 1. The fourth-order valence-corrected chi connectivity index (χ4v) is 3.14. The third kappa shape index (κ3) is 4.27. The molecule has 1 atom stereocenters.